The van der Waals surface area contributed by atoms with Crippen molar-refractivity contribution in [3.05, 3.63) is 59.3 Å². The molecule has 3 aromatic rings. The van der Waals surface area contributed by atoms with Gasteiger partial charge in [-0.25, -0.2) is 4.99 Å². The number of ether oxygens (including phenoxy) is 1. The van der Waals surface area contributed by atoms with Crippen LogP contribution in [0.1, 0.15) is 41.4 Å². The first-order valence-electron chi connectivity index (χ1n) is 10.9. The van der Waals surface area contributed by atoms with E-state index in [1.165, 1.54) is 23.1 Å². The Morgan fingerprint density at radius 2 is 2.13 bits per heavy atom. The number of thioether (sulfide) groups is 1. The van der Waals surface area contributed by atoms with E-state index >= 15 is 0 Å². The molecule has 1 fully saturated rings. The summed E-state index contributed by atoms with van der Waals surface area (Å²) < 4.78 is 5.44. The number of hydrogen-bond acceptors (Lipinski definition) is 4. The summed E-state index contributed by atoms with van der Waals surface area (Å²) in [5.41, 5.74) is 5.33. The van der Waals surface area contributed by atoms with E-state index in [-0.39, 0.29) is 5.91 Å². The fraction of sp³-hybridized carbons (Fsp3) is 0.360. The first-order chi connectivity index (χ1) is 15.1. The maximum absolute atomic E-state index is 13.5. The smallest absolute Gasteiger partial charge is 0.259 e. The topological polar surface area (TPSA) is 57.7 Å². The van der Waals surface area contributed by atoms with Gasteiger partial charge < -0.3 is 9.72 Å². The summed E-state index contributed by atoms with van der Waals surface area (Å²) in [6.45, 7) is 2.99. The molecule has 0 unspecified atom stereocenters. The van der Waals surface area contributed by atoms with Crippen molar-refractivity contribution in [1.29, 1.82) is 0 Å². The van der Waals surface area contributed by atoms with Crippen LogP contribution in [0.15, 0.2) is 47.5 Å². The van der Waals surface area contributed by atoms with Crippen LogP contribution in [0.4, 0.5) is 5.69 Å². The average Bonchev–Trinajstić information content (AvgIpc) is 3.16. The van der Waals surface area contributed by atoms with Gasteiger partial charge in [-0.1, -0.05) is 30.8 Å². The fourth-order valence-corrected chi connectivity index (χ4v) is 5.50. The van der Waals surface area contributed by atoms with Crippen molar-refractivity contribution in [2.24, 2.45) is 10.9 Å². The number of para-hydroxylation sites is 2. The number of methoxy groups -OCH3 is 1. The lowest BCUT2D eigenvalue weighted by Crippen LogP contribution is -2.39. The molecule has 5 nitrogen and oxygen atoms in total. The van der Waals surface area contributed by atoms with Gasteiger partial charge in [-0.3, -0.25) is 9.69 Å². The van der Waals surface area contributed by atoms with E-state index in [1.807, 2.05) is 35.2 Å². The summed E-state index contributed by atoms with van der Waals surface area (Å²) >= 11 is 1.63. The predicted molar refractivity (Wildman–Crippen MR) is 128 cm³/mol. The highest BCUT2D eigenvalue weighted by atomic mass is 32.2. The molecule has 160 valence electrons. The Morgan fingerprint density at radius 3 is 3.00 bits per heavy atom. The quantitative estimate of drug-likeness (QED) is 0.588. The minimum atomic E-state index is 0.0153. The first-order valence-corrected chi connectivity index (χ1v) is 11.9. The summed E-state index contributed by atoms with van der Waals surface area (Å²) in [5, 5.41) is 1.94. The molecule has 31 heavy (non-hydrogen) atoms. The van der Waals surface area contributed by atoms with Gasteiger partial charge in [0.05, 0.1) is 7.11 Å². The normalized spacial score (nSPS) is 20.1. The molecule has 5 rings (SSSR count). The van der Waals surface area contributed by atoms with Crippen molar-refractivity contribution in [1.82, 2.24) is 9.88 Å². The number of H-pyrrole nitrogens is 1. The SMILES string of the molecule is COc1ccccc1N=C1SCCCN1C(=O)c1ccc2[nH]c3c(c2c1)C[C@H](C)CC3. The van der Waals surface area contributed by atoms with Crippen LogP contribution in [0.5, 0.6) is 5.75 Å². The molecule has 0 spiro atoms. The number of benzene rings is 2. The van der Waals surface area contributed by atoms with Gasteiger partial charge in [0.2, 0.25) is 0 Å². The third kappa shape index (κ3) is 3.85. The average molecular weight is 434 g/mol. The highest BCUT2D eigenvalue weighted by Crippen LogP contribution is 2.33. The van der Waals surface area contributed by atoms with E-state index in [4.69, 9.17) is 9.73 Å². The van der Waals surface area contributed by atoms with Crippen molar-refractivity contribution in [2.75, 3.05) is 19.4 Å². The monoisotopic (exact) mass is 433 g/mol. The number of aromatic nitrogens is 1. The number of carbonyl (C=O) groups excluding carboxylic acids is 1. The molecule has 0 bridgehead atoms. The number of hydrogen-bond donors (Lipinski definition) is 1. The number of nitrogens with zero attached hydrogens (tertiary/aromatic N) is 2. The molecule has 2 aromatic carbocycles. The fourth-order valence-electron chi connectivity index (χ4n) is 4.55. The van der Waals surface area contributed by atoms with Gasteiger partial charge in [0.25, 0.3) is 5.91 Å². The molecule has 2 heterocycles. The second kappa shape index (κ2) is 8.42. The molecule has 1 saturated heterocycles. The zero-order valence-corrected chi connectivity index (χ0v) is 18.8. The number of nitrogens with one attached hydrogen (secondary N) is 1. The molecular weight excluding hydrogens is 406 g/mol. The lowest BCUT2D eigenvalue weighted by Gasteiger charge is -2.28. The van der Waals surface area contributed by atoms with Gasteiger partial charge in [-0.2, -0.15) is 0 Å². The molecule has 1 atom stereocenters. The molecular formula is C25H27N3O2S. The van der Waals surface area contributed by atoms with Crippen molar-refractivity contribution in [3.63, 3.8) is 0 Å². The molecule has 0 saturated carbocycles. The second-order valence-corrected chi connectivity index (χ2v) is 9.48. The van der Waals surface area contributed by atoms with E-state index < -0.39 is 0 Å². The number of aliphatic imine (C=N–C) groups is 1. The van der Waals surface area contributed by atoms with Crippen LogP contribution >= 0.6 is 11.8 Å². The van der Waals surface area contributed by atoms with Crippen molar-refractivity contribution >= 4 is 39.4 Å². The first kappa shape index (κ1) is 20.2. The Kier molecular flexibility index (Phi) is 5.48. The van der Waals surface area contributed by atoms with E-state index in [1.54, 1.807) is 18.9 Å². The summed E-state index contributed by atoms with van der Waals surface area (Å²) in [5.74, 6) is 2.37. The van der Waals surface area contributed by atoms with E-state index in [9.17, 15) is 4.79 Å². The van der Waals surface area contributed by atoms with Gasteiger partial charge in [0.15, 0.2) is 5.17 Å². The minimum Gasteiger partial charge on any atom is -0.494 e. The number of aromatic amines is 1. The van der Waals surface area contributed by atoms with Gasteiger partial charge in [0, 0.05) is 34.5 Å². The van der Waals surface area contributed by atoms with Crippen LogP contribution in [-0.2, 0) is 12.8 Å². The molecule has 2 aliphatic rings. The highest BCUT2D eigenvalue weighted by Gasteiger charge is 2.26. The van der Waals surface area contributed by atoms with Crippen LogP contribution in [0, 0.1) is 5.92 Å². The van der Waals surface area contributed by atoms with E-state index in [0.29, 0.717) is 18.2 Å². The summed E-state index contributed by atoms with van der Waals surface area (Å²) in [6.07, 6.45) is 4.35. The van der Waals surface area contributed by atoms with Gasteiger partial charge in [0.1, 0.15) is 11.4 Å². The third-order valence-corrected chi connectivity index (χ3v) is 7.28. The summed E-state index contributed by atoms with van der Waals surface area (Å²) in [7, 11) is 1.64. The van der Waals surface area contributed by atoms with Gasteiger partial charge in [-0.05, 0) is 67.5 Å². The summed E-state index contributed by atoms with van der Waals surface area (Å²) in [4.78, 5) is 23.7. The van der Waals surface area contributed by atoms with Crippen LogP contribution in [0.3, 0.4) is 0 Å². The van der Waals surface area contributed by atoms with Crippen molar-refractivity contribution in [2.45, 2.75) is 32.6 Å². The molecule has 1 aliphatic carbocycles. The van der Waals surface area contributed by atoms with Gasteiger partial charge >= 0.3 is 0 Å². The number of aryl methyl sites for hydroxylation is 1. The van der Waals surface area contributed by atoms with Crippen LogP contribution in [0.25, 0.3) is 10.9 Å². The maximum atomic E-state index is 13.5. The number of fused-ring (bicyclic) bond motifs is 3. The Balaban J connectivity index is 1.50. The second-order valence-electron chi connectivity index (χ2n) is 8.42. The molecule has 0 radical (unpaired) electrons. The minimum absolute atomic E-state index is 0.0153. The molecule has 1 N–H and O–H groups in total. The highest BCUT2D eigenvalue weighted by molar-refractivity contribution is 8.13. The van der Waals surface area contributed by atoms with Gasteiger partial charge in [-0.15, -0.1) is 0 Å². The number of carbonyl (C=O) groups is 1. The predicted octanol–water partition coefficient (Wildman–Crippen LogP) is 5.57. The Morgan fingerprint density at radius 1 is 1.26 bits per heavy atom. The standard InChI is InChI=1S/C25H27N3O2S/c1-16-8-10-20-18(14-16)19-15-17(9-11-21(19)26-20)24(29)28-12-5-13-31-25(28)27-22-6-3-4-7-23(22)30-2/h3-4,6-7,9,11,15-16,26H,5,8,10,12-14H2,1-2H3/t16-/m1/s1. The Labute approximate surface area is 186 Å². The van der Waals surface area contributed by atoms with E-state index in [2.05, 4.69) is 24.0 Å². The number of amidine groups is 1. The Bertz CT molecular complexity index is 1170. The van der Waals surface area contributed by atoms with Crippen LogP contribution in [0.2, 0.25) is 0 Å². The van der Waals surface area contributed by atoms with Crippen molar-refractivity contribution < 1.29 is 9.53 Å². The lowest BCUT2D eigenvalue weighted by atomic mass is 9.87. The summed E-state index contributed by atoms with van der Waals surface area (Å²) in [6, 6.07) is 13.7. The third-order valence-electron chi connectivity index (χ3n) is 6.22. The molecule has 6 heteroatoms. The maximum Gasteiger partial charge on any atom is 0.259 e. The number of amides is 1. The molecule has 1 amide bonds. The lowest BCUT2D eigenvalue weighted by molar-refractivity contribution is 0.0849. The van der Waals surface area contributed by atoms with Crippen LogP contribution < -0.4 is 4.74 Å². The van der Waals surface area contributed by atoms with E-state index in [0.717, 1.165) is 47.0 Å². The van der Waals surface area contributed by atoms with Crippen LogP contribution in [-0.4, -0.2) is 40.4 Å². The largest absolute Gasteiger partial charge is 0.494 e. The zero-order chi connectivity index (χ0) is 21.4. The molecule has 1 aromatic heterocycles. The number of rotatable bonds is 3. The zero-order valence-electron chi connectivity index (χ0n) is 18.0. The van der Waals surface area contributed by atoms with Crippen molar-refractivity contribution in [3.8, 4) is 5.75 Å². The molecule has 1 aliphatic heterocycles. The Hall–Kier alpha value is -2.73.